The molecule has 1 aliphatic rings. The first-order valence-corrected chi connectivity index (χ1v) is 7.06. The summed E-state index contributed by atoms with van der Waals surface area (Å²) in [5, 5.41) is 3.48. The van der Waals surface area contributed by atoms with Crippen molar-refractivity contribution in [3.8, 4) is 0 Å². The van der Waals surface area contributed by atoms with Crippen molar-refractivity contribution in [1.29, 1.82) is 0 Å². The van der Waals surface area contributed by atoms with Gasteiger partial charge in [0.25, 0.3) is 0 Å². The predicted octanol–water partition coefficient (Wildman–Crippen LogP) is 1.32. The maximum absolute atomic E-state index is 11.8. The van der Waals surface area contributed by atoms with Gasteiger partial charge in [0.15, 0.2) is 5.13 Å². The number of aromatic nitrogens is 1. The molecule has 1 aromatic rings. The average Bonchev–Trinajstić information content (AvgIpc) is 2.77. The van der Waals surface area contributed by atoms with Crippen molar-refractivity contribution < 1.29 is 9.53 Å². The summed E-state index contributed by atoms with van der Waals surface area (Å²) in [6, 6.07) is -0.536. The molecule has 1 unspecified atom stereocenters. The second-order valence-corrected chi connectivity index (χ2v) is 5.56. The van der Waals surface area contributed by atoms with Crippen LogP contribution in [0.5, 0.6) is 0 Å². The predicted molar refractivity (Wildman–Crippen MR) is 71.9 cm³/mol. The summed E-state index contributed by atoms with van der Waals surface area (Å²) in [4.78, 5) is 17.6. The Balaban J connectivity index is 1.92. The minimum absolute atomic E-state index is 0.182. The van der Waals surface area contributed by atoms with Crippen molar-refractivity contribution in [3.63, 3.8) is 0 Å². The number of aryl methyl sites for hydroxylation is 2. The molecule has 0 radical (unpaired) electrons. The highest BCUT2D eigenvalue weighted by Crippen LogP contribution is 2.29. The minimum Gasteiger partial charge on any atom is -0.385 e. The molecule has 1 amide bonds. The molecule has 1 aliphatic carbocycles. The summed E-state index contributed by atoms with van der Waals surface area (Å²) in [5.74, 6) is -0.182. The summed E-state index contributed by atoms with van der Waals surface area (Å²) in [7, 11) is 1.60. The number of amides is 1. The number of methoxy groups -OCH3 is 1. The van der Waals surface area contributed by atoms with Crippen molar-refractivity contribution in [2.24, 2.45) is 5.73 Å². The molecule has 0 aliphatic heterocycles. The highest BCUT2D eigenvalue weighted by atomic mass is 32.1. The van der Waals surface area contributed by atoms with Gasteiger partial charge in [-0.15, -0.1) is 11.3 Å². The number of thiazole rings is 1. The van der Waals surface area contributed by atoms with Gasteiger partial charge in [-0.3, -0.25) is 4.79 Å². The lowest BCUT2D eigenvalue weighted by molar-refractivity contribution is -0.117. The standard InChI is InChI=1S/C12H19N3O2S/c1-17-7-6-8(13)11(16)15-12-14-9-4-2-3-5-10(9)18-12/h8H,2-7,13H2,1H3,(H,14,15,16). The van der Waals surface area contributed by atoms with E-state index < -0.39 is 6.04 Å². The van der Waals surface area contributed by atoms with E-state index in [1.807, 2.05) is 0 Å². The molecule has 6 heteroatoms. The quantitative estimate of drug-likeness (QED) is 0.845. The van der Waals surface area contributed by atoms with Crippen LogP contribution >= 0.6 is 11.3 Å². The Morgan fingerprint density at radius 2 is 2.33 bits per heavy atom. The van der Waals surface area contributed by atoms with Crippen molar-refractivity contribution in [2.45, 2.75) is 38.1 Å². The number of nitrogens with two attached hydrogens (primary N) is 1. The summed E-state index contributed by atoms with van der Waals surface area (Å²) in [6.07, 6.45) is 5.04. The fraction of sp³-hybridized carbons (Fsp3) is 0.667. The highest BCUT2D eigenvalue weighted by molar-refractivity contribution is 7.15. The third-order valence-electron chi connectivity index (χ3n) is 3.05. The second kappa shape index (κ2) is 6.26. The van der Waals surface area contributed by atoms with Gasteiger partial charge >= 0.3 is 0 Å². The second-order valence-electron chi connectivity index (χ2n) is 4.47. The lowest BCUT2D eigenvalue weighted by Gasteiger charge is -2.09. The van der Waals surface area contributed by atoms with E-state index in [4.69, 9.17) is 10.5 Å². The molecule has 0 saturated heterocycles. The normalized spacial score (nSPS) is 16.1. The molecule has 0 saturated carbocycles. The van der Waals surface area contributed by atoms with Crippen molar-refractivity contribution in [1.82, 2.24) is 4.98 Å². The molecule has 1 heterocycles. The van der Waals surface area contributed by atoms with E-state index in [1.165, 1.54) is 17.7 Å². The Morgan fingerprint density at radius 3 is 3.06 bits per heavy atom. The van der Waals surface area contributed by atoms with E-state index >= 15 is 0 Å². The number of hydrogen-bond donors (Lipinski definition) is 2. The Morgan fingerprint density at radius 1 is 1.56 bits per heavy atom. The van der Waals surface area contributed by atoms with Crippen molar-refractivity contribution in [3.05, 3.63) is 10.6 Å². The van der Waals surface area contributed by atoms with Crippen LogP contribution in [0.3, 0.4) is 0 Å². The molecule has 100 valence electrons. The lowest BCUT2D eigenvalue weighted by Crippen LogP contribution is -2.36. The number of rotatable bonds is 5. The smallest absolute Gasteiger partial charge is 0.243 e. The molecule has 0 spiro atoms. The third-order valence-corrected chi connectivity index (χ3v) is 4.12. The van der Waals surface area contributed by atoms with E-state index in [2.05, 4.69) is 10.3 Å². The maximum atomic E-state index is 11.8. The molecule has 18 heavy (non-hydrogen) atoms. The number of fused-ring (bicyclic) bond motifs is 1. The molecule has 3 N–H and O–H groups in total. The van der Waals surface area contributed by atoms with Gasteiger partial charge < -0.3 is 15.8 Å². The number of nitrogens with zero attached hydrogens (tertiary/aromatic N) is 1. The number of carbonyl (C=O) groups excluding carboxylic acids is 1. The molecule has 0 fully saturated rings. The molecule has 5 nitrogen and oxygen atoms in total. The van der Waals surface area contributed by atoms with Crippen LogP contribution < -0.4 is 11.1 Å². The van der Waals surface area contributed by atoms with Crippen LogP contribution in [0.15, 0.2) is 0 Å². The van der Waals surface area contributed by atoms with E-state index in [9.17, 15) is 4.79 Å². The Bertz CT molecular complexity index is 396. The van der Waals surface area contributed by atoms with Crippen molar-refractivity contribution in [2.75, 3.05) is 19.0 Å². The zero-order valence-corrected chi connectivity index (χ0v) is 11.4. The van der Waals surface area contributed by atoms with Gasteiger partial charge in [-0.1, -0.05) is 0 Å². The van der Waals surface area contributed by atoms with Crippen LogP contribution in [0.1, 0.15) is 29.8 Å². The van der Waals surface area contributed by atoms with Crippen LogP contribution in [0, 0.1) is 0 Å². The van der Waals surface area contributed by atoms with E-state index in [0.717, 1.165) is 18.5 Å². The molecule has 0 bridgehead atoms. The monoisotopic (exact) mass is 269 g/mol. The fourth-order valence-electron chi connectivity index (χ4n) is 1.98. The zero-order chi connectivity index (χ0) is 13.0. The Hall–Kier alpha value is -0.980. The zero-order valence-electron chi connectivity index (χ0n) is 10.6. The van der Waals surface area contributed by atoms with Crippen LogP contribution in [-0.4, -0.2) is 30.6 Å². The van der Waals surface area contributed by atoms with Crippen LogP contribution in [0.4, 0.5) is 5.13 Å². The third kappa shape index (κ3) is 3.28. The van der Waals surface area contributed by atoms with Gasteiger partial charge in [-0.25, -0.2) is 4.98 Å². The first-order chi connectivity index (χ1) is 8.70. The van der Waals surface area contributed by atoms with Gasteiger partial charge in [0.05, 0.1) is 11.7 Å². The van der Waals surface area contributed by atoms with E-state index in [1.54, 1.807) is 18.4 Å². The molecular weight excluding hydrogens is 250 g/mol. The lowest BCUT2D eigenvalue weighted by atomic mass is 10.0. The van der Waals surface area contributed by atoms with Gasteiger partial charge in [0, 0.05) is 18.6 Å². The van der Waals surface area contributed by atoms with Gasteiger partial charge in [0.2, 0.25) is 5.91 Å². The number of nitrogens with one attached hydrogen (secondary N) is 1. The van der Waals surface area contributed by atoms with Crippen LogP contribution in [-0.2, 0) is 22.4 Å². The Kier molecular flexibility index (Phi) is 4.68. The first-order valence-electron chi connectivity index (χ1n) is 6.24. The molecule has 0 aromatic carbocycles. The SMILES string of the molecule is COCCC(N)C(=O)Nc1nc2c(s1)CCCC2. The van der Waals surface area contributed by atoms with Crippen molar-refractivity contribution >= 4 is 22.4 Å². The molecule has 2 rings (SSSR count). The van der Waals surface area contributed by atoms with E-state index in [-0.39, 0.29) is 5.91 Å². The van der Waals surface area contributed by atoms with Crippen LogP contribution in [0.25, 0.3) is 0 Å². The number of carbonyl (C=O) groups is 1. The summed E-state index contributed by atoms with van der Waals surface area (Å²) >= 11 is 1.58. The summed E-state index contributed by atoms with van der Waals surface area (Å²) in [6.45, 7) is 0.489. The van der Waals surface area contributed by atoms with Crippen LogP contribution in [0.2, 0.25) is 0 Å². The molecule has 1 aromatic heterocycles. The maximum Gasteiger partial charge on any atom is 0.243 e. The topological polar surface area (TPSA) is 77.2 Å². The van der Waals surface area contributed by atoms with Gasteiger partial charge in [-0.2, -0.15) is 0 Å². The molecular formula is C12H19N3O2S. The fourth-order valence-corrected chi connectivity index (χ4v) is 3.03. The summed E-state index contributed by atoms with van der Waals surface area (Å²) in [5.41, 5.74) is 6.90. The Labute approximate surface area is 111 Å². The van der Waals surface area contributed by atoms with Gasteiger partial charge in [0.1, 0.15) is 0 Å². The first kappa shape index (κ1) is 13.5. The largest absolute Gasteiger partial charge is 0.385 e. The van der Waals surface area contributed by atoms with E-state index in [0.29, 0.717) is 18.2 Å². The van der Waals surface area contributed by atoms with Gasteiger partial charge in [-0.05, 0) is 32.1 Å². The minimum atomic E-state index is -0.536. The number of hydrogen-bond acceptors (Lipinski definition) is 5. The molecule has 1 atom stereocenters. The highest BCUT2D eigenvalue weighted by Gasteiger charge is 2.18. The average molecular weight is 269 g/mol. The number of anilines is 1. The summed E-state index contributed by atoms with van der Waals surface area (Å²) < 4.78 is 4.91. The number of ether oxygens (including phenoxy) is 1.